The van der Waals surface area contributed by atoms with Crippen LogP contribution in [0.25, 0.3) is 0 Å². The number of hydrogen-bond acceptors (Lipinski definition) is 3. The smallest absolute Gasteiger partial charge is 0.251 e. The summed E-state index contributed by atoms with van der Waals surface area (Å²) in [5.41, 5.74) is 3.70. The fourth-order valence-corrected chi connectivity index (χ4v) is 4.51. The summed E-state index contributed by atoms with van der Waals surface area (Å²) in [5.74, 6) is -0.0771. The Balaban J connectivity index is 1.72. The monoisotopic (exact) mass is 468 g/mol. The van der Waals surface area contributed by atoms with Crippen molar-refractivity contribution in [3.05, 3.63) is 101 Å². The van der Waals surface area contributed by atoms with Crippen LogP contribution in [-0.4, -0.2) is 24.6 Å². The van der Waals surface area contributed by atoms with Gasteiger partial charge in [-0.1, -0.05) is 31.2 Å². The van der Waals surface area contributed by atoms with Gasteiger partial charge in [0.1, 0.15) is 17.0 Å². The van der Waals surface area contributed by atoms with Crippen LogP contribution >= 0.6 is 11.8 Å². The molecule has 0 radical (unpaired) electrons. The SMILES string of the molecule is CCSC(c1ccc(F)cc1)N(C=O)c1ccc(C(=O)NCCc2ccc(F)cc2)cc1C. The van der Waals surface area contributed by atoms with Crippen LogP contribution in [0.5, 0.6) is 0 Å². The highest BCUT2D eigenvalue weighted by molar-refractivity contribution is 7.99. The van der Waals surface area contributed by atoms with Gasteiger partial charge in [0.25, 0.3) is 5.91 Å². The molecular formula is C26H26F2N2O2S. The zero-order valence-electron chi connectivity index (χ0n) is 18.6. The van der Waals surface area contributed by atoms with E-state index in [4.69, 9.17) is 0 Å². The normalized spacial score (nSPS) is 11.6. The van der Waals surface area contributed by atoms with E-state index in [2.05, 4.69) is 5.32 Å². The maximum atomic E-state index is 13.4. The molecule has 1 N–H and O–H groups in total. The average molecular weight is 469 g/mol. The van der Waals surface area contributed by atoms with Crippen LogP contribution in [0.1, 0.15) is 39.3 Å². The first-order valence-corrected chi connectivity index (χ1v) is 11.7. The van der Waals surface area contributed by atoms with Gasteiger partial charge in [-0.05, 0) is 78.3 Å². The second kappa shape index (κ2) is 11.6. The molecule has 2 amide bonds. The van der Waals surface area contributed by atoms with E-state index in [1.165, 1.54) is 24.3 Å². The number of nitrogens with one attached hydrogen (secondary N) is 1. The van der Waals surface area contributed by atoms with Gasteiger partial charge in [-0.25, -0.2) is 8.78 Å². The van der Waals surface area contributed by atoms with Crippen molar-refractivity contribution < 1.29 is 18.4 Å². The van der Waals surface area contributed by atoms with Crippen molar-refractivity contribution in [1.29, 1.82) is 0 Å². The van der Waals surface area contributed by atoms with Crippen LogP contribution in [-0.2, 0) is 11.2 Å². The molecule has 0 saturated carbocycles. The van der Waals surface area contributed by atoms with E-state index < -0.39 is 0 Å². The Kier molecular flexibility index (Phi) is 8.60. The van der Waals surface area contributed by atoms with E-state index in [0.717, 1.165) is 28.9 Å². The van der Waals surface area contributed by atoms with Gasteiger partial charge < -0.3 is 5.32 Å². The first-order chi connectivity index (χ1) is 15.9. The van der Waals surface area contributed by atoms with Crippen molar-refractivity contribution in [2.45, 2.75) is 25.6 Å². The lowest BCUT2D eigenvalue weighted by atomic mass is 10.1. The Hall–Kier alpha value is -3.19. The number of hydrogen-bond donors (Lipinski definition) is 1. The average Bonchev–Trinajstić information content (AvgIpc) is 2.81. The van der Waals surface area contributed by atoms with E-state index in [-0.39, 0.29) is 22.9 Å². The molecule has 33 heavy (non-hydrogen) atoms. The highest BCUT2D eigenvalue weighted by atomic mass is 32.2. The topological polar surface area (TPSA) is 49.4 Å². The third kappa shape index (κ3) is 6.42. The third-order valence-electron chi connectivity index (χ3n) is 5.20. The molecule has 7 heteroatoms. The van der Waals surface area contributed by atoms with Gasteiger partial charge in [-0.2, -0.15) is 0 Å². The molecule has 3 aromatic carbocycles. The van der Waals surface area contributed by atoms with Crippen LogP contribution in [0.15, 0.2) is 66.7 Å². The highest BCUT2D eigenvalue weighted by Crippen LogP contribution is 2.36. The van der Waals surface area contributed by atoms with Gasteiger partial charge >= 0.3 is 0 Å². The van der Waals surface area contributed by atoms with Crippen molar-refractivity contribution in [2.24, 2.45) is 0 Å². The zero-order valence-corrected chi connectivity index (χ0v) is 19.4. The number of anilines is 1. The van der Waals surface area contributed by atoms with Crippen LogP contribution in [0.2, 0.25) is 0 Å². The fourth-order valence-electron chi connectivity index (χ4n) is 3.52. The predicted octanol–water partition coefficient (Wildman–Crippen LogP) is 5.66. The van der Waals surface area contributed by atoms with E-state index in [0.29, 0.717) is 24.2 Å². The maximum Gasteiger partial charge on any atom is 0.251 e. The standard InChI is InChI=1S/C26H26F2N2O2S/c1-3-33-26(20-6-11-23(28)12-7-20)30(17-31)24-13-8-21(16-18(24)2)25(32)29-15-14-19-4-9-22(27)10-5-19/h4-13,16-17,26H,3,14-15H2,1-2H3,(H,29,32). The molecular weight excluding hydrogens is 442 g/mol. The van der Waals surface area contributed by atoms with E-state index in [1.807, 2.05) is 13.8 Å². The second-order valence-corrected chi connectivity index (χ2v) is 8.86. The molecule has 4 nitrogen and oxygen atoms in total. The number of aryl methyl sites for hydroxylation is 1. The van der Waals surface area contributed by atoms with E-state index in [1.54, 1.807) is 59.1 Å². The Morgan fingerprint density at radius 1 is 1.03 bits per heavy atom. The number of benzene rings is 3. The minimum atomic E-state index is -0.331. The molecule has 0 aliphatic carbocycles. The second-order valence-electron chi connectivity index (χ2n) is 7.51. The fraction of sp³-hybridized carbons (Fsp3) is 0.231. The summed E-state index contributed by atoms with van der Waals surface area (Å²) in [6.45, 7) is 4.27. The van der Waals surface area contributed by atoms with Crippen molar-refractivity contribution in [2.75, 3.05) is 17.2 Å². The molecule has 0 aliphatic rings. The lowest BCUT2D eigenvalue weighted by Crippen LogP contribution is -2.27. The van der Waals surface area contributed by atoms with Gasteiger partial charge in [0, 0.05) is 17.8 Å². The first-order valence-electron chi connectivity index (χ1n) is 10.7. The molecule has 0 saturated heterocycles. The summed E-state index contributed by atoms with van der Waals surface area (Å²) < 4.78 is 26.4. The Bertz CT molecular complexity index is 1090. The van der Waals surface area contributed by atoms with Gasteiger partial charge in [-0.15, -0.1) is 11.8 Å². The highest BCUT2D eigenvalue weighted by Gasteiger charge is 2.22. The van der Waals surface area contributed by atoms with Gasteiger partial charge in [0.05, 0.1) is 0 Å². The van der Waals surface area contributed by atoms with Gasteiger partial charge in [0.15, 0.2) is 0 Å². The summed E-state index contributed by atoms with van der Waals surface area (Å²) >= 11 is 1.56. The number of carbonyl (C=O) groups excluding carboxylic acids is 2. The molecule has 0 bridgehead atoms. The molecule has 1 unspecified atom stereocenters. The molecule has 0 aliphatic heterocycles. The Labute approximate surface area is 197 Å². The molecule has 0 spiro atoms. The quantitative estimate of drug-likeness (QED) is 0.309. The molecule has 3 aromatic rings. The summed E-state index contributed by atoms with van der Waals surface area (Å²) in [6, 6.07) is 17.5. The van der Waals surface area contributed by atoms with Crippen LogP contribution in [0.4, 0.5) is 14.5 Å². The summed E-state index contributed by atoms with van der Waals surface area (Å²) in [6.07, 6.45) is 1.36. The van der Waals surface area contributed by atoms with Crippen molar-refractivity contribution >= 4 is 29.8 Å². The van der Waals surface area contributed by atoms with Crippen LogP contribution in [0, 0.1) is 18.6 Å². The first kappa shape index (κ1) is 24.5. The molecule has 0 heterocycles. The lowest BCUT2D eigenvalue weighted by Gasteiger charge is -2.29. The lowest BCUT2D eigenvalue weighted by molar-refractivity contribution is -0.107. The molecule has 172 valence electrons. The minimum Gasteiger partial charge on any atom is -0.352 e. The van der Waals surface area contributed by atoms with E-state index >= 15 is 0 Å². The summed E-state index contributed by atoms with van der Waals surface area (Å²) in [7, 11) is 0. The zero-order chi connectivity index (χ0) is 23.8. The summed E-state index contributed by atoms with van der Waals surface area (Å²) in [4.78, 5) is 26.3. The number of rotatable bonds is 10. The molecule has 0 fully saturated rings. The molecule has 1 atom stereocenters. The number of amides is 2. The number of carbonyl (C=O) groups is 2. The maximum absolute atomic E-state index is 13.4. The van der Waals surface area contributed by atoms with Crippen molar-refractivity contribution in [3.8, 4) is 0 Å². The van der Waals surface area contributed by atoms with Gasteiger partial charge in [-0.3, -0.25) is 14.5 Å². The van der Waals surface area contributed by atoms with Crippen molar-refractivity contribution in [3.63, 3.8) is 0 Å². The molecule has 3 rings (SSSR count). The van der Waals surface area contributed by atoms with Crippen LogP contribution in [0.3, 0.4) is 0 Å². The largest absolute Gasteiger partial charge is 0.352 e. The Morgan fingerprint density at radius 3 is 2.24 bits per heavy atom. The number of halogens is 2. The summed E-state index contributed by atoms with van der Waals surface area (Å²) in [5, 5.41) is 2.55. The predicted molar refractivity (Wildman–Crippen MR) is 129 cm³/mol. The minimum absolute atomic E-state index is 0.220. The molecule has 0 aromatic heterocycles. The van der Waals surface area contributed by atoms with Gasteiger partial charge in [0.2, 0.25) is 6.41 Å². The Morgan fingerprint density at radius 2 is 1.67 bits per heavy atom. The van der Waals surface area contributed by atoms with Crippen LogP contribution < -0.4 is 10.2 Å². The third-order valence-corrected chi connectivity index (χ3v) is 6.34. The van der Waals surface area contributed by atoms with Crippen molar-refractivity contribution in [1.82, 2.24) is 5.32 Å². The number of nitrogens with zero attached hydrogens (tertiary/aromatic N) is 1. The number of thioether (sulfide) groups is 1. The van der Waals surface area contributed by atoms with E-state index in [9.17, 15) is 18.4 Å².